The summed E-state index contributed by atoms with van der Waals surface area (Å²) in [5.74, 6) is 4.67. The molecule has 1 aliphatic heterocycles. The van der Waals surface area contributed by atoms with Gasteiger partial charge in [0, 0.05) is 6.61 Å². The lowest BCUT2D eigenvalue weighted by molar-refractivity contribution is -0.140. The molecule has 0 saturated heterocycles. The Morgan fingerprint density at radius 3 is 2.60 bits per heavy atom. The molecule has 20 heavy (non-hydrogen) atoms. The van der Waals surface area contributed by atoms with E-state index in [0.717, 1.165) is 5.01 Å². The second-order valence-electron chi connectivity index (χ2n) is 3.97. The number of fused-ring (bicyclic) bond motifs is 1. The number of hydrazine groups is 1. The Bertz CT molecular complexity index is 485. The molecule has 112 valence electrons. The highest BCUT2D eigenvalue weighted by Crippen LogP contribution is 2.27. The number of anilines is 2. The summed E-state index contributed by atoms with van der Waals surface area (Å²) in [5.41, 5.74) is 0.958. The zero-order valence-electron chi connectivity index (χ0n) is 10.9. The lowest BCUT2D eigenvalue weighted by Crippen LogP contribution is -2.47. The van der Waals surface area contributed by atoms with E-state index in [-0.39, 0.29) is 24.8 Å². The molecule has 0 radical (unpaired) electrons. The largest absolute Gasteiger partial charge is 0.359 e. The maximum absolute atomic E-state index is 12.0. The number of benzene rings is 1. The number of amides is 2. The zero-order chi connectivity index (χ0) is 13.1. The smallest absolute Gasteiger partial charge is 0.280 e. The van der Waals surface area contributed by atoms with Crippen LogP contribution in [0, 0.1) is 0 Å². The van der Waals surface area contributed by atoms with Crippen LogP contribution < -0.4 is 16.2 Å². The Kier molecular flexibility index (Phi) is 7.52. The Hall–Kier alpha value is -1.34. The van der Waals surface area contributed by atoms with E-state index in [9.17, 15) is 9.59 Å². The normalized spacial score (nSPS) is 17.3. The monoisotopic (exact) mass is 321 g/mol. The van der Waals surface area contributed by atoms with Crippen LogP contribution in [0.2, 0.25) is 0 Å². The predicted octanol–water partition coefficient (Wildman–Crippen LogP) is 1.48. The van der Waals surface area contributed by atoms with E-state index in [2.05, 4.69) is 5.32 Å². The Balaban J connectivity index is 0.00000180. The first-order valence-electron chi connectivity index (χ1n) is 5.75. The van der Waals surface area contributed by atoms with Gasteiger partial charge in [0.1, 0.15) is 0 Å². The Morgan fingerprint density at radius 1 is 1.30 bits per heavy atom. The van der Waals surface area contributed by atoms with E-state index in [4.69, 9.17) is 10.6 Å². The summed E-state index contributed by atoms with van der Waals surface area (Å²) >= 11 is 0. The van der Waals surface area contributed by atoms with Crippen molar-refractivity contribution in [3.63, 3.8) is 0 Å². The van der Waals surface area contributed by atoms with Crippen LogP contribution in [0.3, 0.4) is 0 Å². The van der Waals surface area contributed by atoms with E-state index in [1.807, 2.05) is 6.92 Å². The molecule has 0 fully saturated rings. The third-order valence-corrected chi connectivity index (χ3v) is 2.61. The van der Waals surface area contributed by atoms with Crippen molar-refractivity contribution in [2.45, 2.75) is 19.4 Å². The van der Waals surface area contributed by atoms with Gasteiger partial charge in [-0.25, -0.2) is 10.9 Å². The number of nitrogens with one attached hydrogen (secondary N) is 1. The second kappa shape index (κ2) is 8.06. The fourth-order valence-electron chi connectivity index (χ4n) is 1.73. The molecule has 2 amide bonds. The predicted molar refractivity (Wildman–Crippen MR) is 81.3 cm³/mol. The van der Waals surface area contributed by atoms with Crippen molar-refractivity contribution in [2.24, 2.45) is 5.84 Å². The Morgan fingerprint density at radius 2 is 1.95 bits per heavy atom. The maximum atomic E-state index is 12.0. The topological polar surface area (TPSA) is 84.7 Å². The third kappa shape index (κ3) is 3.61. The molecule has 0 aliphatic carbocycles. The molecular formula is C12H17Cl2N3O3. The number of nitrogens with zero attached hydrogens (tertiary/aromatic N) is 1. The van der Waals surface area contributed by atoms with Crippen LogP contribution in [0.4, 0.5) is 11.4 Å². The minimum atomic E-state index is -1.19. The average molecular weight is 322 g/mol. The van der Waals surface area contributed by atoms with Crippen LogP contribution >= 0.6 is 24.8 Å². The molecule has 1 aromatic rings. The lowest BCUT2D eigenvalue weighted by atomic mass is 10.2. The molecule has 1 heterocycles. The van der Waals surface area contributed by atoms with E-state index in [0.29, 0.717) is 24.4 Å². The first-order chi connectivity index (χ1) is 8.65. The SMILES string of the molecule is CCCOC1C(=O)Nc2ccccc2N(N)C1=O.Cl.Cl. The van der Waals surface area contributed by atoms with Crippen molar-refractivity contribution in [3.05, 3.63) is 24.3 Å². The van der Waals surface area contributed by atoms with Crippen molar-refractivity contribution in [1.29, 1.82) is 0 Å². The molecule has 0 spiro atoms. The number of para-hydroxylation sites is 2. The van der Waals surface area contributed by atoms with Crippen LogP contribution in [-0.2, 0) is 14.3 Å². The number of ether oxygens (including phenoxy) is 1. The van der Waals surface area contributed by atoms with Crippen molar-refractivity contribution in [3.8, 4) is 0 Å². The second-order valence-corrected chi connectivity index (χ2v) is 3.97. The fraction of sp³-hybridized carbons (Fsp3) is 0.333. The molecule has 0 aromatic heterocycles. The van der Waals surface area contributed by atoms with Crippen molar-refractivity contribution >= 4 is 48.0 Å². The van der Waals surface area contributed by atoms with Gasteiger partial charge in [-0.1, -0.05) is 19.1 Å². The van der Waals surface area contributed by atoms with Gasteiger partial charge in [0.25, 0.3) is 11.8 Å². The van der Waals surface area contributed by atoms with Crippen LogP contribution in [0.1, 0.15) is 13.3 Å². The molecule has 0 bridgehead atoms. The number of hydrogen-bond donors (Lipinski definition) is 2. The number of rotatable bonds is 3. The lowest BCUT2D eigenvalue weighted by Gasteiger charge is -2.18. The van der Waals surface area contributed by atoms with E-state index in [1.54, 1.807) is 24.3 Å². The summed E-state index contributed by atoms with van der Waals surface area (Å²) in [6, 6.07) is 6.84. The summed E-state index contributed by atoms with van der Waals surface area (Å²) in [6.07, 6.45) is -0.475. The summed E-state index contributed by atoms with van der Waals surface area (Å²) in [7, 11) is 0. The van der Waals surface area contributed by atoms with Gasteiger partial charge in [-0.05, 0) is 18.6 Å². The summed E-state index contributed by atoms with van der Waals surface area (Å²) in [6.45, 7) is 2.22. The number of halogens is 2. The molecule has 1 aliphatic rings. The minimum Gasteiger partial charge on any atom is -0.359 e. The van der Waals surface area contributed by atoms with E-state index >= 15 is 0 Å². The molecule has 2 rings (SSSR count). The molecule has 1 atom stereocenters. The molecule has 1 unspecified atom stereocenters. The van der Waals surface area contributed by atoms with E-state index < -0.39 is 17.9 Å². The highest BCUT2D eigenvalue weighted by atomic mass is 35.5. The first-order valence-corrected chi connectivity index (χ1v) is 5.75. The quantitative estimate of drug-likeness (QED) is 0.501. The van der Waals surface area contributed by atoms with Gasteiger partial charge < -0.3 is 10.1 Å². The van der Waals surface area contributed by atoms with Gasteiger partial charge in [-0.15, -0.1) is 24.8 Å². The van der Waals surface area contributed by atoms with Gasteiger partial charge in [-0.2, -0.15) is 0 Å². The highest BCUT2D eigenvalue weighted by molar-refractivity contribution is 6.18. The van der Waals surface area contributed by atoms with Crippen molar-refractivity contribution in [2.75, 3.05) is 16.9 Å². The summed E-state index contributed by atoms with van der Waals surface area (Å²) < 4.78 is 5.26. The molecule has 1 aromatic carbocycles. The van der Waals surface area contributed by atoms with Crippen LogP contribution in [0.25, 0.3) is 0 Å². The zero-order valence-corrected chi connectivity index (χ0v) is 12.5. The first kappa shape index (κ1) is 18.7. The van der Waals surface area contributed by atoms with Gasteiger partial charge >= 0.3 is 0 Å². The summed E-state index contributed by atoms with van der Waals surface area (Å²) in [4.78, 5) is 23.9. The van der Waals surface area contributed by atoms with Crippen LogP contribution in [0.5, 0.6) is 0 Å². The Labute approximate surface area is 129 Å². The van der Waals surface area contributed by atoms with E-state index in [1.165, 1.54) is 0 Å². The fourth-order valence-corrected chi connectivity index (χ4v) is 1.73. The van der Waals surface area contributed by atoms with Crippen LogP contribution in [0.15, 0.2) is 24.3 Å². The van der Waals surface area contributed by atoms with Gasteiger partial charge in [0.2, 0.25) is 6.10 Å². The molecule has 8 heteroatoms. The molecular weight excluding hydrogens is 305 g/mol. The third-order valence-electron chi connectivity index (χ3n) is 2.61. The van der Waals surface area contributed by atoms with Crippen molar-refractivity contribution < 1.29 is 14.3 Å². The standard InChI is InChI=1S/C12H15N3O3.2ClH/c1-2-7-18-10-11(16)14-8-5-3-4-6-9(8)15(13)12(10)17;;/h3-6,10H,2,7,13H2,1H3,(H,14,16);2*1H. The number of nitrogens with two attached hydrogens (primary N) is 1. The van der Waals surface area contributed by atoms with Gasteiger partial charge in [-0.3, -0.25) is 9.59 Å². The number of hydrogen-bond acceptors (Lipinski definition) is 4. The van der Waals surface area contributed by atoms with Crippen LogP contribution in [-0.4, -0.2) is 24.5 Å². The van der Waals surface area contributed by atoms with Gasteiger partial charge in [0.05, 0.1) is 11.4 Å². The number of carbonyl (C=O) groups excluding carboxylic acids is 2. The molecule has 6 nitrogen and oxygen atoms in total. The van der Waals surface area contributed by atoms with Crippen molar-refractivity contribution in [1.82, 2.24) is 0 Å². The number of carbonyl (C=O) groups is 2. The maximum Gasteiger partial charge on any atom is 0.280 e. The molecule has 3 N–H and O–H groups in total. The average Bonchev–Trinajstić information content (AvgIpc) is 2.46. The highest BCUT2D eigenvalue weighted by Gasteiger charge is 2.35. The molecule has 0 saturated carbocycles. The summed E-state index contributed by atoms with van der Waals surface area (Å²) in [5, 5.41) is 3.59. The minimum absolute atomic E-state index is 0. The van der Waals surface area contributed by atoms with Gasteiger partial charge in [0.15, 0.2) is 0 Å².